The second-order valence-corrected chi connectivity index (χ2v) is 5.46. The van der Waals surface area contributed by atoms with Crippen LogP contribution in [0.25, 0.3) is 0 Å². The van der Waals surface area contributed by atoms with Crippen LogP contribution in [0.5, 0.6) is 5.75 Å². The zero-order valence-electron chi connectivity index (χ0n) is 12.7. The Kier molecular flexibility index (Phi) is 4.00. The van der Waals surface area contributed by atoms with E-state index >= 15 is 0 Å². The van der Waals surface area contributed by atoms with Crippen molar-refractivity contribution in [3.63, 3.8) is 0 Å². The van der Waals surface area contributed by atoms with Gasteiger partial charge in [-0.05, 0) is 47.9 Å². The molecule has 1 amide bonds. The number of ether oxygens (including phenoxy) is 1. The lowest BCUT2D eigenvalue weighted by molar-refractivity contribution is -0.117. The van der Waals surface area contributed by atoms with Crippen molar-refractivity contribution < 1.29 is 9.53 Å². The molecule has 0 spiro atoms. The van der Waals surface area contributed by atoms with Gasteiger partial charge in [0.15, 0.2) is 0 Å². The number of benzene rings is 2. The van der Waals surface area contributed by atoms with Crippen LogP contribution in [0.4, 0.5) is 11.4 Å². The molecule has 0 saturated carbocycles. The highest BCUT2D eigenvalue weighted by molar-refractivity contribution is 6.01. The first-order chi connectivity index (χ1) is 10.7. The zero-order valence-corrected chi connectivity index (χ0v) is 12.7. The van der Waals surface area contributed by atoms with Crippen LogP contribution >= 0.6 is 0 Å². The standard InChI is InChI=1S/C18H20N2O2/c1-2-13-3-8-17-14(11-13)12-18(21)20(17)9-10-22-16-6-4-15(19)5-7-16/h3-8,11H,2,9-10,12,19H2,1H3. The number of carbonyl (C=O) groups is 1. The van der Waals surface area contributed by atoms with Gasteiger partial charge < -0.3 is 15.4 Å². The summed E-state index contributed by atoms with van der Waals surface area (Å²) in [6.45, 7) is 3.14. The molecule has 0 aliphatic carbocycles. The summed E-state index contributed by atoms with van der Waals surface area (Å²) in [5, 5.41) is 0. The summed E-state index contributed by atoms with van der Waals surface area (Å²) in [5.74, 6) is 0.909. The number of nitrogens with two attached hydrogens (primary N) is 1. The van der Waals surface area contributed by atoms with Gasteiger partial charge in [0.05, 0.1) is 13.0 Å². The van der Waals surface area contributed by atoms with Crippen molar-refractivity contribution in [2.24, 2.45) is 0 Å². The second-order valence-electron chi connectivity index (χ2n) is 5.46. The van der Waals surface area contributed by atoms with Gasteiger partial charge in [-0.1, -0.05) is 19.1 Å². The first-order valence-corrected chi connectivity index (χ1v) is 7.58. The Bertz CT molecular complexity index is 680. The molecule has 0 aromatic heterocycles. The van der Waals surface area contributed by atoms with Crippen LogP contribution in [-0.4, -0.2) is 19.1 Å². The Morgan fingerprint density at radius 3 is 2.68 bits per heavy atom. The van der Waals surface area contributed by atoms with E-state index in [1.807, 2.05) is 23.1 Å². The van der Waals surface area contributed by atoms with E-state index in [1.54, 1.807) is 12.1 Å². The minimum atomic E-state index is 0.143. The molecule has 2 aromatic rings. The van der Waals surface area contributed by atoms with E-state index in [0.717, 1.165) is 23.4 Å². The molecule has 0 fully saturated rings. The molecular weight excluding hydrogens is 276 g/mol. The van der Waals surface area contributed by atoms with Crippen molar-refractivity contribution in [3.05, 3.63) is 53.6 Å². The van der Waals surface area contributed by atoms with Crippen LogP contribution in [0.15, 0.2) is 42.5 Å². The van der Waals surface area contributed by atoms with Crippen molar-refractivity contribution in [2.75, 3.05) is 23.8 Å². The third-order valence-electron chi connectivity index (χ3n) is 3.95. The van der Waals surface area contributed by atoms with Crippen LogP contribution in [0.3, 0.4) is 0 Å². The van der Waals surface area contributed by atoms with Crippen LogP contribution in [0.2, 0.25) is 0 Å². The highest BCUT2D eigenvalue weighted by Crippen LogP contribution is 2.29. The fourth-order valence-corrected chi connectivity index (χ4v) is 2.72. The maximum Gasteiger partial charge on any atom is 0.231 e. The molecule has 2 aromatic carbocycles. The van der Waals surface area contributed by atoms with Gasteiger partial charge in [0, 0.05) is 11.4 Å². The van der Waals surface area contributed by atoms with Gasteiger partial charge in [0.1, 0.15) is 12.4 Å². The van der Waals surface area contributed by atoms with Crippen LogP contribution in [0.1, 0.15) is 18.1 Å². The molecule has 3 rings (SSSR count). The molecule has 1 heterocycles. The van der Waals surface area contributed by atoms with E-state index in [4.69, 9.17) is 10.5 Å². The molecule has 1 aliphatic heterocycles. The highest BCUT2D eigenvalue weighted by Gasteiger charge is 2.26. The van der Waals surface area contributed by atoms with Gasteiger partial charge in [-0.3, -0.25) is 4.79 Å². The Hall–Kier alpha value is -2.49. The van der Waals surface area contributed by atoms with Gasteiger partial charge >= 0.3 is 0 Å². The number of hydrogen-bond acceptors (Lipinski definition) is 3. The SMILES string of the molecule is CCc1ccc2c(c1)CC(=O)N2CCOc1ccc(N)cc1. The molecule has 0 saturated heterocycles. The number of fused-ring (bicyclic) bond motifs is 1. The van der Waals surface area contributed by atoms with Gasteiger partial charge in [-0.2, -0.15) is 0 Å². The maximum absolute atomic E-state index is 12.2. The number of nitrogens with zero attached hydrogens (tertiary/aromatic N) is 1. The van der Waals surface area contributed by atoms with E-state index in [2.05, 4.69) is 19.1 Å². The summed E-state index contributed by atoms with van der Waals surface area (Å²) in [6.07, 6.45) is 1.48. The van der Waals surface area contributed by atoms with Gasteiger partial charge in [-0.15, -0.1) is 0 Å². The third kappa shape index (κ3) is 2.91. The molecule has 4 heteroatoms. The number of amides is 1. The zero-order chi connectivity index (χ0) is 15.5. The van der Waals surface area contributed by atoms with Crippen LogP contribution in [-0.2, 0) is 17.6 Å². The lowest BCUT2D eigenvalue weighted by atomic mass is 10.1. The van der Waals surface area contributed by atoms with Crippen molar-refractivity contribution in [2.45, 2.75) is 19.8 Å². The molecule has 22 heavy (non-hydrogen) atoms. The number of anilines is 2. The molecule has 1 aliphatic rings. The van der Waals surface area contributed by atoms with Gasteiger partial charge in [0.25, 0.3) is 0 Å². The average Bonchev–Trinajstić information content (AvgIpc) is 2.84. The lowest BCUT2D eigenvalue weighted by Gasteiger charge is -2.18. The van der Waals surface area contributed by atoms with Crippen molar-refractivity contribution in [1.82, 2.24) is 0 Å². The number of hydrogen-bond donors (Lipinski definition) is 1. The normalized spacial score (nSPS) is 13.3. The lowest BCUT2D eigenvalue weighted by Crippen LogP contribution is -2.31. The fourth-order valence-electron chi connectivity index (χ4n) is 2.72. The third-order valence-corrected chi connectivity index (χ3v) is 3.95. The minimum Gasteiger partial charge on any atom is -0.492 e. The highest BCUT2D eigenvalue weighted by atomic mass is 16.5. The molecule has 2 N–H and O–H groups in total. The quantitative estimate of drug-likeness (QED) is 0.863. The van der Waals surface area contributed by atoms with Gasteiger partial charge in [-0.25, -0.2) is 0 Å². The van der Waals surface area contributed by atoms with E-state index in [1.165, 1.54) is 5.56 Å². The largest absolute Gasteiger partial charge is 0.492 e. The van der Waals surface area contributed by atoms with Crippen molar-refractivity contribution in [1.29, 1.82) is 0 Å². The Morgan fingerprint density at radius 2 is 1.95 bits per heavy atom. The summed E-state index contributed by atoms with van der Waals surface area (Å²) in [6, 6.07) is 13.5. The summed E-state index contributed by atoms with van der Waals surface area (Å²) in [4.78, 5) is 14.0. The summed E-state index contributed by atoms with van der Waals surface area (Å²) < 4.78 is 5.68. The first kappa shape index (κ1) is 14.4. The minimum absolute atomic E-state index is 0.143. The fraction of sp³-hybridized carbons (Fsp3) is 0.278. The Morgan fingerprint density at radius 1 is 1.18 bits per heavy atom. The Labute approximate surface area is 130 Å². The van der Waals surface area contributed by atoms with Gasteiger partial charge in [0.2, 0.25) is 5.91 Å². The monoisotopic (exact) mass is 296 g/mol. The molecule has 0 atom stereocenters. The number of aryl methyl sites for hydroxylation is 1. The summed E-state index contributed by atoms with van der Waals surface area (Å²) in [5.41, 5.74) is 9.76. The molecule has 0 radical (unpaired) electrons. The number of rotatable bonds is 5. The number of carbonyl (C=O) groups excluding carboxylic acids is 1. The number of nitrogen functional groups attached to an aromatic ring is 1. The average molecular weight is 296 g/mol. The second kappa shape index (κ2) is 6.10. The predicted octanol–water partition coefficient (Wildman–Crippen LogP) is 2.80. The van der Waals surface area contributed by atoms with E-state index in [0.29, 0.717) is 25.3 Å². The van der Waals surface area contributed by atoms with E-state index in [9.17, 15) is 4.79 Å². The molecule has 0 bridgehead atoms. The molecular formula is C18H20N2O2. The first-order valence-electron chi connectivity index (χ1n) is 7.58. The van der Waals surface area contributed by atoms with Crippen LogP contribution < -0.4 is 15.4 Å². The molecule has 4 nitrogen and oxygen atoms in total. The van der Waals surface area contributed by atoms with Crippen molar-refractivity contribution in [3.8, 4) is 5.75 Å². The Balaban J connectivity index is 1.64. The van der Waals surface area contributed by atoms with Crippen molar-refractivity contribution >= 4 is 17.3 Å². The maximum atomic E-state index is 12.2. The van der Waals surface area contributed by atoms with E-state index < -0.39 is 0 Å². The smallest absolute Gasteiger partial charge is 0.231 e. The predicted molar refractivity (Wildman–Crippen MR) is 88.2 cm³/mol. The molecule has 114 valence electrons. The van der Waals surface area contributed by atoms with Crippen LogP contribution in [0, 0.1) is 0 Å². The summed E-state index contributed by atoms with van der Waals surface area (Å²) >= 11 is 0. The topological polar surface area (TPSA) is 55.6 Å². The van der Waals surface area contributed by atoms with E-state index in [-0.39, 0.29) is 5.91 Å². The summed E-state index contributed by atoms with van der Waals surface area (Å²) in [7, 11) is 0. The molecule has 0 unspecified atom stereocenters.